The summed E-state index contributed by atoms with van der Waals surface area (Å²) in [6, 6.07) is 7.41. The molecule has 1 aliphatic rings. The summed E-state index contributed by atoms with van der Waals surface area (Å²) >= 11 is 9.32. The number of likely N-dealkylation sites (tertiary alicyclic amines) is 1. The molecule has 92 valence electrons. The molecule has 17 heavy (non-hydrogen) atoms. The summed E-state index contributed by atoms with van der Waals surface area (Å²) in [5, 5.41) is 1.50. The zero-order valence-corrected chi connectivity index (χ0v) is 12.0. The monoisotopic (exact) mass is 315 g/mol. The second-order valence-corrected chi connectivity index (χ2v) is 5.58. The van der Waals surface area contributed by atoms with Crippen LogP contribution in [0.4, 0.5) is 0 Å². The number of hydrogen-bond donors (Lipinski definition) is 0. The molecular formula is C13H15BrClNO. The molecule has 2 unspecified atom stereocenters. The van der Waals surface area contributed by atoms with Gasteiger partial charge in [0.15, 0.2) is 0 Å². The molecule has 0 N–H and O–H groups in total. The van der Waals surface area contributed by atoms with Crippen molar-refractivity contribution in [2.24, 2.45) is 5.92 Å². The maximum Gasteiger partial charge on any atom is 0.254 e. The van der Waals surface area contributed by atoms with Crippen LogP contribution in [0.3, 0.4) is 0 Å². The first-order chi connectivity index (χ1) is 8.13. The predicted molar refractivity (Wildman–Crippen MR) is 73.9 cm³/mol. The van der Waals surface area contributed by atoms with Crippen LogP contribution in [0.15, 0.2) is 24.3 Å². The second kappa shape index (κ2) is 5.40. The lowest BCUT2D eigenvalue weighted by Crippen LogP contribution is -2.38. The highest BCUT2D eigenvalue weighted by molar-refractivity contribution is 9.09. The first kappa shape index (κ1) is 12.9. The number of hydrogen-bond acceptors (Lipinski definition) is 1. The van der Waals surface area contributed by atoms with Gasteiger partial charge in [-0.25, -0.2) is 0 Å². The molecule has 0 saturated carbocycles. The van der Waals surface area contributed by atoms with Crippen molar-refractivity contribution in [2.45, 2.75) is 19.4 Å². The van der Waals surface area contributed by atoms with E-state index in [4.69, 9.17) is 11.6 Å². The van der Waals surface area contributed by atoms with Gasteiger partial charge in [-0.3, -0.25) is 4.79 Å². The Morgan fingerprint density at radius 2 is 2.12 bits per heavy atom. The summed E-state index contributed by atoms with van der Waals surface area (Å²) < 4.78 is 0. The Kier molecular flexibility index (Phi) is 4.10. The number of nitrogens with zero attached hydrogens (tertiary/aromatic N) is 1. The van der Waals surface area contributed by atoms with Gasteiger partial charge in [-0.2, -0.15) is 0 Å². The van der Waals surface area contributed by atoms with Crippen LogP contribution in [0, 0.1) is 5.92 Å². The molecule has 4 heteroatoms. The van der Waals surface area contributed by atoms with E-state index < -0.39 is 0 Å². The standard InChI is InChI=1S/C13H15BrClNO/c1-9-6-7-16(12(9)8-14)13(17)10-2-4-11(15)5-3-10/h2-5,9,12H,6-8H2,1H3. The van der Waals surface area contributed by atoms with Gasteiger partial charge in [-0.15, -0.1) is 0 Å². The van der Waals surface area contributed by atoms with Crippen molar-refractivity contribution in [1.82, 2.24) is 4.90 Å². The third kappa shape index (κ3) is 2.66. The normalized spacial score (nSPS) is 24.1. The number of carbonyl (C=O) groups excluding carboxylic acids is 1. The Morgan fingerprint density at radius 1 is 1.47 bits per heavy atom. The van der Waals surface area contributed by atoms with Gasteiger partial charge in [0.25, 0.3) is 5.91 Å². The molecule has 0 bridgehead atoms. The summed E-state index contributed by atoms with van der Waals surface area (Å²) in [6.45, 7) is 3.04. The molecule has 0 radical (unpaired) electrons. The summed E-state index contributed by atoms with van der Waals surface area (Å²) in [5.74, 6) is 0.668. The number of rotatable bonds is 2. The molecule has 0 aromatic heterocycles. The van der Waals surface area contributed by atoms with Crippen LogP contribution in [0.1, 0.15) is 23.7 Å². The van der Waals surface area contributed by atoms with Crippen molar-refractivity contribution in [3.8, 4) is 0 Å². The fourth-order valence-corrected chi connectivity index (χ4v) is 3.37. The molecule has 1 aliphatic heterocycles. The first-order valence-electron chi connectivity index (χ1n) is 5.76. The van der Waals surface area contributed by atoms with Gasteiger partial charge < -0.3 is 4.90 Å². The van der Waals surface area contributed by atoms with Gasteiger partial charge in [0.1, 0.15) is 0 Å². The molecule has 1 saturated heterocycles. The van der Waals surface area contributed by atoms with Gasteiger partial charge in [0.05, 0.1) is 0 Å². The minimum absolute atomic E-state index is 0.107. The average Bonchev–Trinajstić information content (AvgIpc) is 2.70. The SMILES string of the molecule is CC1CCN(C(=O)c2ccc(Cl)cc2)C1CBr. The van der Waals surface area contributed by atoms with E-state index in [1.54, 1.807) is 24.3 Å². The highest BCUT2D eigenvalue weighted by Crippen LogP contribution is 2.27. The minimum Gasteiger partial charge on any atom is -0.335 e. The zero-order valence-electron chi connectivity index (χ0n) is 9.70. The average molecular weight is 317 g/mol. The molecular weight excluding hydrogens is 302 g/mol. The number of carbonyl (C=O) groups is 1. The van der Waals surface area contributed by atoms with Crippen molar-refractivity contribution in [1.29, 1.82) is 0 Å². The molecule has 2 nitrogen and oxygen atoms in total. The van der Waals surface area contributed by atoms with Gasteiger partial charge in [0.2, 0.25) is 0 Å². The molecule has 0 aliphatic carbocycles. The Labute approximate surface area is 115 Å². The number of amides is 1. The van der Waals surface area contributed by atoms with Crippen LogP contribution >= 0.6 is 27.5 Å². The molecule has 1 aromatic rings. The fraction of sp³-hybridized carbons (Fsp3) is 0.462. The van der Waals surface area contributed by atoms with Crippen LogP contribution in [0.5, 0.6) is 0 Å². The van der Waals surface area contributed by atoms with E-state index >= 15 is 0 Å². The Balaban J connectivity index is 2.17. The highest BCUT2D eigenvalue weighted by Gasteiger charge is 2.33. The summed E-state index contributed by atoms with van der Waals surface area (Å²) in [6.07, 6.45) is 1.08. The maximum atomic E-state index is 12.3. The van der Waals surface area contributed by atoms with Gasteiger partial charge in [-0.1, -0.05) is 34.5 Å². The number of benzene rings is 1. The summed E-state index contributed by atoms with van der Waals surface area (Å²) in [5.41, 5.74) is 0.717. The van der Waals surface area contributed by atoms with E-state index in [-0.39, 0.29) is 5.91 Å². The molecule has 1 amide bonds. The van der Waals surface area contributed by atoms with E-state index in [1.807, 2.05) is 4.90 Å². The van der Waals surface area contributed by atoms with Crippen molar-refractivity contribution in [2.75, 3.05) is 11.9 Å². The Hall–Kier alpha value is -0.540. The zero-order chi connectivity index (χ0) is 12.4. The Morgan fingerprint density at radius 3 is 2.71 bits per heavy atom. The van der Waals surface area contributed by atoms with Crippen molar-refractivity contribution in [3.05, 3.63) is 34.9 Å². The van der Waals surface area contributed by atoms with Crippen molar-refractivity contribution >= 4 is 33.4 Å². The lowest BCUT2D eigenvalue weighted by molar-refractivity contribution is 0.0738. The Bertz CT molecular complexity index is 406. The van der Waals surface area contributed by atoms with E-state index in [9.17, 15) is 4.79 Å². The quantitative estimate of drug-likeness (QED) is 0.764. The largest absolute Gasteiger partial charge is 0.335 e. The molecule has 1 fully saturated rings. The van der Waals surface area contributed by atoms with Crippen LogP contribution in [-0.4, -0.2) is 28.7 Å². The van der Waals surface area contributed by atoms with Gasteiger partial charge in [0, 0.05) is 28.5 Å². The predicted octanol–water partition coefficient (Wildman–Crippen LogP) is 3.59. The fourth-order valence-electron chi connectivity index (χ4n) is 2.25. The highest BCUT2D eigenvalue weighted by atomic mass is 79.9. The third-order valence-electron chi connectivity index (χ3n) is 3.39. The topological polar surface area (TPSA) is 20.3 Å². The van der Waals surface area contributed by atoms with Crippen LogP contribution in [-0.2, 0) is 0 Å². The minimum atomic E-state index is 0.107. The lowest BCUT2D eigenvalue weighted by atomic mass is 10.0. The summed E-state index contributed by atoms with van der Waals surface area (Å²) in [4.78, 5) is 14.3. The van der Waals surface area contributed by atoms with Gasteiger partial charge >= 0.3 is 0 Å². The van der Waals surface area contributed by atoms with Gasteiger partial charge in [-0.05, 0) is 36.6 Å². The molecule has 0 spiro atoms. The molecule has 1 aromatic carbocycles. The lowest BCUT2D eigenvalue weighted by Gasteiger charge is -2.25. The van der Waals surface area contributed by atoms with E-state index in [2.05, 4.69) is 22.9 Å². The van der Waals surface area contributed by atoms with E-state index in [1.165, 1.54) is 0 Å². The molecule has 1 heterocycles. The van der Waals surface area contributed by atoms with Crippen molar-refractivity contribution in [3.63, 3.8) is 0 Å². The first-order valence-corrected chi connectivity index (χ1v) is 7.26. The summed E-state index contributed by atoms with van der Waals surface area (Å²) in [7, 11) is 0. The smallest absolute Gasteiger partial charge is 0.254 e. The number of halogens is 2. The van der Waals surface area contributed by atoms with E-state index in [0.29, 0.717) is 17.0 Å². The number of alkyl halides is 1. The maximum absolute atomic E-state index is 12.3. The molecule has 2 atom stereocenters. The van der Waals surface area contributed by atoms with Crippen molar-refractivity contribution < 1.29 is 4.79 Å². The van der Waals surface area contributed by atoms with E-state index in [0.717, 1.165) is 23.9 Å². The third-order valence-corrected chi connectivity index (χ3v) is 4.31. The molecule has 2 rings (SSSR count). The van der Waals surface area contributed by atoms with Crippen LogP contribution in [0.2, 0.25) is 5.02 Å². The second-order valence-electron chi connectivity index (χ2n) is 4.49. The van der Waals surface area contributed by atoms with Crippen LogP contribution in [0.25, 0.3) is 0 Å². The van der Waals surface area contributed by atoms with Crippen LogP contribution < -0.4 is 0 Å².